The van der Waals surface area contributed by atoms with E-state index < -0.39 is 0 Å². The van der Waals surface area contributed by atoms with Gasteiger partial charge in [-0.1, -0.05) is 13.8 Å². The summed E-state index contributed by atoms with van der Waals surface area (Å²) in [6.45, 7) is 6.71. The summed E-state index contributed by atoms with van der Waals surface area (Å²) in [6, 6.07) is 5.00. The van der Waals surface area contributed by atoms with Crippen LogP contribution in [-0.4, -0.2) is 45.9 Å². The molecule has 8 heteroatoms. The molecule has 156 valence electrons. The number of nitrogens with zero attached hydrogens (tertiary/aromatic N) is 2. The van der Waals surface area contributed by atoms with Gasteiger partial charge in [0.25, 0.3) is 11.5 Å². The molecule has 1 fully saturated rings. The van der Waals surface area contributed by atoms with Crippen molar-refractivity contribution in [2.45, 2.75) is 46.1 Å². The first-order valence-electron chi connectivity index (χ1n) is 10.2. The normalized spacial score (nSPS) is 14.2. The van der Waals surface area contributed by atoms with Crippen LogP contribution in [0.4, 0.5) is 0 Å². The van der Waals surface area contributed by atoms with E-state index in [1.165, 1.54) is 4.57 Å². The summed E-state index contributed by atoms with van der Waals surface area (Å²) in [5.41, 5.74) is 0.877. The molecule has 2 aromatic rings. The minimum atomic E-state index is -0.178. The topological polar surface area (TPSA) is 87.2 Å². The second kappa shape index (κ2) is 9.35. The maximum Gasteiger partial charge on any atom is 0.262 e. The van der Waals surface area contributed by atoms with E-state index in [-0.39, 0.29) is 17.4 Å². The molecular formula is C21H28N4O3S. The fraction of sp³-hybridized carbons (Fsp3) is 0.524. The highest BCUT2D eigenvalue weighted by atomic mass is 32.1. The van der Waals surface area contributed by atoms with Crippen molar-refractivity contribution < 1.29 is 9.59 Å². The highest BCUT2D eigenvalue weighted by molar-refractivity contribution is 7.71. The van der Waals surface area contributed by atoms with Crippen LogP contribution < -0.4 is 10.9 Å². The molecule has 0 aliphatic carbocycles. The largest absolute Gasteiger partial charge is 0.352 e. The van der Waals surface area contributed by atoms with E-state index in [0.717, 1.165) is 19.4 Å². The number of benzene rings is 1. The van der Waals surface area contributed by atoms with Gasteiger partial charge in [-0.05, 0) is 55.6 Å². The maximum absolute atomic E-state index is 12.9. The Kier molecular flexibility index (Phi) is 6.84. The van der Waals surface area contributed by atoms with Gasteiger partial charge in [0.05, 0.1) is 10.9 Å². The fourth-order valence-corrected chi connectivity index (χ4v) is 3.82. The molecule has 2 amide bonds. The van der Waals surface area contributed by atoms with Gasteiger partial charge in [-0.25, -0.2) is 0 Å². The second-order valence-electron chi connectivity index (χ2n) is 7.92. The van der Waals surface area contributed by atoms with Crippen molar-refractivity contribution in [1.29, 1.82) is 0 Å². The predicted molar refractivity (Wildman–Crippen MR) is 116 cm³/mol. The molecule has 1 aliphatic heterocycles. The zero-order valence-corrected chi connectivity index (χ0v) is 17.8. The van der Waals surface area contributed by atoms with Crippen LogP contribution in [0.3, 0.4) is 0 Å². The van der Waals surface area contributed by atoms with E-state index in [2.05, 4.69) is 24.1 Å². The smallest absolute Gasteiger partial charge is 0.262 e. The minimum absolute atomic E-state index is 0.161. The third-order valence-corrected chi connectivity index (χ3v) is 5.55. The lowest BCUT2D eigenvalue weighted by Gasteiger charge is -2.16. The van der Waals surface area contributed by atoms with Gasteiger partial charge in [-0.15, -0.1) is 0 Å². The molecule has 7 nitrogen and oxygen atoms in total. The Labute approximate surface area is 175 Å². The van der Waals surface area contributed by atoms with Crippen LogP contribution >= 0.6 is 12.2 Å². The highest BCUT2D eigenvalue weighted by Crippen LogP contribution is 2.13. The van der Waals surface area contributed by atoms with Crippen LogP contribution in [0, 0.1) is 10.7 Å². The molecule has 0 spiro atoms. The van der Waals surface area contributed by atoms with E-state index >= 15 is 0 Å². The molecule has 0 saturated carbocycles. The van der Waals surface area contributed by atoms with E-state index in [0.29, 0.717) is 59.6 Å². The average molecular weight is 417 g/mol. The Morgan fingerprint density at radius 1 is 1.28 bits per heavy atom. The van der Waals surface area contributed by atoms with Gasteiger partial charge >= 0.3 is 0 Å². The van der Waals surface area contributed by atoms with Crippen LogP contribution in [0.25, 0.3) is 10.9 Å². The Balaban J connectivity index is 1.73. The quantitative estimate of drug-likeness (QED) is 0.648. The zero-order valence-electron chi connectivity index (χ0n) is 17.0. The van der Waals surface area contributed by atoms with Crippen LogP contribution in [0.1, 0.15) is 49.9 Å². The molecular weight excluding hydrogens is 388 g/mol. The van der Waals surface area contributed by atoms with Crippen molar-refractivity contribution in [2.75, 3.05) is 19.6 Å². The van der Waals surface area contributed by atoms with Crippen molar-refractivity contribution in [3.05, 3.63) is 38.9 Å². The van der Waals surface area contributed by atoms with Crippen molar-refractivity contribution in [3.63, 3.8) is 0 Å². The number of carbonyl (C=O) groups excluding carboxylic acids is 2. The molecule has 29 heavy (non-hydrogen) atoms. The number of hydrogen-bond donors (Lipinski definition) is 2. The Morgan fingerprint density at radius 2 is 2.07 bits per heavy atom. The van der Waals surface area contributed by atoms with E-state index in [1.54, 1.807) is 18.2 Å². The molecule has 1 aromatic heterocycles. The first-order chi connectivity index (χ1) is 13.9. The van der Waals surface area contributed by atoms with Gasteiger partial charge in [0, 0.05) is 38.2 Å². The summed E-state index contributed by atoms with van der Waals surface area (Å²) in [5, 5.41) is 3.39. The highest BCUT2D eigenvalue weighted by Gasteiger charge is 2.19. The molecule has 1 aliphatic rings. The van der Waals surface area contributed by atoms with Crippen LogP contribution in [-0.2, 0) is 11.3 Å². The number of nitrogens with one attached hydrogen (secondary N) is 2. The van der Waals surface area contributed by atoms with Crippen LogP contribution in [0.5, 0.6) is 0 Å². The van der Waals surface area contributed by atoms with E-state index in [1.807, 2.05) is 4.90 Å². The standard InChI is InChI=1S/C21H28N4O3S/c1-14(2)8-9-22-19(27)15-6-7-16-17(13-15)23-21(29)25(20(16)28)12-4-11-24-10-3-5-18(24)26/h6-7,13-14H,3-5,8-12H2,1-2H3,(H,22,27)(H,23,29). The Hall–Kier alpha value is -2.48. The lowest BCUT2D eigenvalue weighted by molar-refractivity contribution is -0.127. The van der Waals surface area contributed by atoms with Gasteiger partial charge in [-0.2, -0.15) is 0 Å². The lowest BCUT2D eigenvalue weighted by atomic mass is 10.1. The molecule has 0 unspecified atom stereocenters. The summed E-state index contributed by atoms with van der Waals surface area (Å²) >= 11 is 5.37. The van der Waals surface area contributed by atoms with E-state index in [9.17, 15) is 14.4 Å². The van der Waals surface area contributed by atoms with Gasteiger partial charge in [0.15, 0.2) is 4.77 Å². The van der Waals surface area contributed by atoms with Crippen molar-refractivity contribution >= 4 is 34.9 Å². The lowest BCUT2D eigenvalue weighted by Crippen LogP contribution is -2.29. The number of aromatic amines is 1. The molecule has 0 atom stereocenters. The summed E-state index contributed by atoms with van der Waals surface area (Å²) in [5.74, 6) is 0.539. The maximum atomic E-state index is 12.9. The number of carbonyl (C=O) groups is 2. The number of likely N-dealkylation sites (tertiary alicyclic amines) is 1. The number of amides is 2. The average Bonchev–Trinajstić information content (AvgIpc) is 3.08. The second-order valence-corrected chi connectivity index (χ2v) is 8.31. The van der Waals surface area contributed by atoms with Gasteiger partial charge in [0.2, 0.25) is 5.91 Å². The predicted octanol–water partition coefficient (Wildman–Crippen LogP) is 2.85. The number of hydrogen-bond acceptors (Lipinski definition) is 4. The zero-order chi connectivity index (χ0) is 21.0. The molecule has 2 heterocycles. The summed E-state index contributed by atoms with van der Waals surface area (Å²) < 4.78 is 1.85. The molecule has 1 saturated heterocycles. The molecule has 0 bridgehead atoms. The first kappa shape index (κ1) is 21.2. The summed E-state index contributed by atoms with van der Waals surface area (Å²) in [7, 11) is 0. The fourth-order valence-electron chi connectivity index (χ4n) is 3.54. The third-order valence-electron chi connectivity index (χ3n) is 5.23. The van der Waals surface area contributed by atoms with Crippen molar-refractivity contribution in [3.8, 4) is 0 Å². The Bertz CT molecular complexity index is 1020. The van der Waals surface area contributed by atoms with Gasteiger partial charge in [0.1, 0.15) is 0 Å². The van der Waals surface area contributed by atoms with Gasteiger partial charge in [-0.3, -0.25) is 19.0 Å². The summed E-state index contributed by atoms with van der Waals surface area (Å²) in [4.78, 5) is 41.8. The number of rotatable bonds is 8. The van der Waals surface area contributed by atoms with Crippen molar-refractivity contribution in [1.82, 2.24) is 19.8 Å². The SMILES string of the molecule is CC(C)CCNC(=O)c1ccc2c(=O)n(CCCN3CCCC3=O)c(=S)[nH]c2c1. The van der Waals surface area contributed by atoms with E-state index in [4.69, 9.17) is 12.2 Å². The van der Waals surface area contributed by atoms with Gasteiger partial charge < -0.3 is 15.2 Å². The first-order valence-corrected chi connectivity index (χ1v) is 10.6. The monoisotopic (exact) mass is 416 g/mol. The van der Waals surface area contributed by atoms with Crippen LogP contribution in [0.15, 0.2) is 23.0 Å². The van der Waals surface area contributed by atoms with Crippen LogP contribution in [0.2, 0.25) is 0 Å². The number of H-pyrrole nitrogens is 1. The third kappa shape index (κ3) is 5.12. The molecule has 2 N–H and O–H groups in total. The number of fused-ring (bicyclic) bond motifs is 1. The molecule has 3 rings (SSSR count). The minimum Gasteiger partial charge on any atom is -0.352 e. The molecule has 0 radical (unpaired) electrons. The van der Waals surface area contributed by atoms with Crippen molar-refractivity contribution in [2.24, 2.45) is 5.92 Å². The number of aromatic nitrogens is 2. The molecule has 1 aromatic carbocycles. The Morgan fingerprint density at radius 3 is 2.76 bits per heavy atom. The summed E-state index contributed by atoms with van der Waals surface area (Å²) in [6.07, 6.45) is 3.10.